The molecular weight excluding hydrogens is 214 g/mol. The van der Waals surface area contributed by atoms with Crippen LogP contribution in [-0.2, 0) is 0 Å². The zero-order valence-corrected chi connectivity index (χ0v) is 10.7. The fourth-order valence-corrected chi connectivity index (χ4v) is 1.88. The highest BCUT2D eigenvalue weighted by atomic mass is 15.3. The van der Waals surface area contributed by atoms with Crippen LogP contribution in [0.2, 0.25) is 0 Å². The SMILES string of the molecule is Cc1cnc(NCCN2CCN(C)CC2)nc1. The smallest absolute Gasteiger partial charge is 0.222 e. The molecule has 5 heteroatoms. The lowest BCUT2D eigenvalue weighted by Gasteiger charge is -2.32. The Kier molecular flexibility index (Phi) is 4.28. The summed E-state index contributed by atoms with van der Waals surface area (Å²) in [7, 11) is 2.18. The summed E-state index contributed by atoms with van der Waals surface area (Å²) in [6.45, 7) is 8.62. The first-order chi connectivity index (χ1) is 8.24. The Morgan fingerprint density at radius 2 is 1.82 bits per heavy atom. The maximum Gasteiger partial charge on any atom is 0.222 e. The average molecular weight is 235 g/mol. The van der Waals surface area contributed by atoms with E-state index in [-0.39, 0.29) is 0 Å². The molecule has 1 aromatic heterocycles. The molecule has 1 N–H and O–H groups in total. The molecule has 2 heterocycles. The first kappa shape index (κ1) is 12.3. The van der Waals surface area contributed by atoms with Gasteiger partial charge < -0.3 is 10.2 Å². The van der Waals surface area contributed by atoms with E-state index < -0.39 is 0 Å². The van der Waals surface area contributed by atoms with Gasteiger partial charge in [-0.1, -0.05) is 0 Å². The van der Waals surface area contributed by atoms with Crippen molar-refractivity contribution >= 4 is 5.95 Å². The molecule has 0 amide bonds. The summed E-state index contributed by atoms with van der Waals surface area (Å²) in [5, 5.41) is 3.25. The fraction of sp³-hybridized carbons (Fsp3) is 0.667. The van der Waals surface area contributed by atoms with E-state index in [0.29, 0.717) is 0 Å². The number of hydrogen-bond acceptors (Lipinski definition) is 5. The van der Waals surface area contributed by atoms with Crippen molar-refractivity contribution in [1.29, 1.82) is 0 Å². The fourth-order valence-electron chi connectivity index (χ4n) is 1.88. The summed E-state index contributed by atoms with van der Waals surface area (Å²) in [5.74, 6) is 0.727. The Bertz CT molecular complexity index is 329. The number of anilines is 1. The van der Waals surface area contributed by atoms with Crippen LogP contribution in [-0.4, -0.2) is 66.1 Å². The number of rotatable bonds is 4. The minimum atomic E-state index is 0.727. The Balaban J connectivity index is 1.67. The molecule has 1 fully saturated rings. The summed E-state index contributed by atoms with van der Waals surface area (Å²) in [5.41, 5.74) is 1.09. The monoisotopic (exact) mass is 235 g/mol. The maximum absolute atomic E-state index is 4.22. The minimum absolute atomic E-state index is 0.727. The number of hydrogen-bond donors (Lipinski definition) is 1. The Hall–Kier alpha value is -1.20. The molecule has 94 valence electrons. The van der Waals surface area contributed by atoms with E-state index in [2.05, 4.69) is 32.1 Å². The van der Waals surface area contributed by atoms with E-state index >= 15 is 0 Å². The van der Waals surface area contributed by atoms with Crippen LogP contribution in [0.1, 0.15) is 5.56 Å². The third kappa shape index (κ3) is 3.94. The molecule has 0 spiro atoms. The first-order valence-electron chi connectivity index (χ1n) is 6.17. The molecular formula is C12H21N5. The van der Waals surface area contributed by atoms with Crippen LogP contribution in [0.3, 0.4) is 0 Å². The Labute approximate surface area is 103 Å². The van der Waals surface area contributed by atoms with E-state index in [9.17, 15) is 0 Å². The predicted octanol–water partition coefficient (Wildman–Crippen LogP) is 0.444. The topological polar surface area (TPSA) is 44.3 Å². The Morgan fingerprint density at radius 1 is 1.18 bits per heavy atom. The molecule has 1 aromatic rings. The molecule has 1 aliphatic rings. The summed E-state index contributed by atoms with van der Waals surface area (Å²) < 4.78 is 0. The van der Waals surface area contributed by atoms with Crippen molar-refractivity contribution in [3.8, 4) is 0 Å². The molecule has 0 aromatic carbocycles. The van der Waals surface area contributed by atoms with Gasteiger partial charge in [0.15, 0.2) is 0 Å². The number of aromatic nitrogens is 2. The van der Waals surface area contributed by atoms with Gasteiger partial charge in [-0.15, -0.1) is 0 Å². The molecule has 0 atom stereocenters. The molecule has 17 heavy (non-hydrogen) atoms. The molecule has 0 unspecified atom stereocenters. The Morgan fingerprint density at radius 3 is 2.47 bits per heavy atom. The lowest BCUT2D eigenvalue weighted by molar-refractivity contribution is 0.158. The zero-order chi connectivity index (χ0) is 12.1. The predicted molar refractivity (Wildman–Crippen MR) is 69.2 cm³/mol. The van der Waals surface area contributed by atoms with Crippen LogP contribution in [0.5, 0.6) is 0 Å². The number of aryl methyl sites for hydroxylation is 1. The summed E-state index contributed by atoms with van der Waals surface area (Å²) in [4.78, 5) is 13.3. The van der Waals surface area contributed by atoms with Crippen LogP contribution < -0.4 is 5.32 Å². The van der Waals surface area contributed by atoms with Crippen molar-refractivity contribution in [3.63, 3.8) is 0 Å². The van der Waals surface area contributed by atoms with Crippen LogP contribution in [0.15, 0.2) is 12.4 Å². The van der Waals surface area contributed by atoms with Crippen LogP contribution in [0.4, 0.5) is 5.95 Å². The molecule has 0 bridgehead atoms. The van der Waals surface area contributed by atoms with Crippen molar-refractivity contribution in [2.45, 2.75) is 6.92 Å². The average Bonchev–Trinajstić information content (AvgIpc) is 2.34. The third-order valence-corrected chi connectivity index (χ3v) is 3.09. The van der Waals surface area contributed by atoms with E-state index in [1.807, 2.05) is 19.3 Å². The van der Waals surface area contributed by atoms with Gasteiger partial charge in [0.25, 0.3) is 0 Å². The summed E-state index contributed by atoms with van der Waals surface area (Å²) in [6, 6.07) is 0. The molecule has 0 aliphatic carbocycles. The molecule has 1 aliphatic heterocycles. The first-order valence-corrected chi connectivity index (χ1v) is 6.17. The third-order valence-electron chi connectivity index (χ3n) is 3.09. The highest BCUT2D eigenvalue weighted by Crippen LogP contribution is 2.00. The van der Waals surface area contributed by atoms with Gasteiger partial charge in [-0.3, -0.25) is 4.90 Å². The van der Waals surface area contributed by atoms with Gasteiger partial charge in [-0.05, 0) is 19.5 Å². The van der Waals surface area contributed by atoms with E-state index in [1.54, 1.807) is 0 Å². The summed E-state index contributed by atoms with van der Waals surface area (Å²) in [6.07, 6.45) is 3.68. The molecule has 2 rings (SSSR count). The van der Waals surface area contributed by atoms with Gasteiger partial charge in [0, 0.05) is 51.7 Å². The highest BCUT2D eigenvalue weighted by molar-refractivity contribution is 5.23. The van der Waals surface area contributed by atoms with E-state index in [0.717, 1.165) is 37.7 Å². The lowest BCUT2D eigenvalue weighted by Crippen LogP contribution is -2.45. The largest absolute Gasteiger partial charge is 0.353 e. The minimum Gasteiger partial charge on any atom is -0.353 e. The number of likely N-dealkylation sites (N-methyl/N-ethyl adjacent to an activating group) is 1. The van der Waals surface area contributed by atoms with Crippen molar-refractivity contribution in [2.75, 3.05) is 51.6 Å². The second kappa shape index (κ2) is 5.93. The van der Waals surface area contributed by atoms with Crippen molar-refractivity contribution in [1.82, 2.24) is 19.8 Å². The van der Waals surface area contributed by atoms with Gasteiger partial charge in [-0.25, -0.2) is 9.97 Å². The summed E-state index contributed by atoms with van der Waals surface area (Å²) >= 11 is 0. The van der Waals surface area contributed by atoms with Gasteiger partial charge in [0.2, 0.25) is 5.95 Å². The molecule has 0 radical (unpaired) electrons. The standard InChI is InChI=1S/C12H21N5/c1-11-9-14-12(15-10-11)13-3-4-17-7-5-16(2)6-8-17/h9-10H,3-8H2,1-2H3,(H,13,14,15). The lowest BCUT2D eigenvalue weighted by atomic mass is 10.3. The van der Waals surface area contributed by atoms with Gasteiger partial charge >= 0.3 is 0 Å². The van der Waals surface area contributed by atoms with Crippen molar-refractivity contribution < 1.29 is 0 Å². The van der Waals surface area contributed by atoms with E-state index in [1.165, 1.54) is 13.1 Å². The van der Waals surface area contributed by atoms with Crippen LogP contribution in [0, 0.1) is 6.92 Å². The second-order valence-electron chi connectivity index (χ2n) is 4.66. The number of nitrogens with one attached hydrogen (secondary N) is 1. The highest BCUT2D eigenvalue weighted by Gasteiger charge is 2.12. The second-order valence-corrected chi connectivity index (χ2v) is 4.66. The van der Waals surface area contributed by atoms with Crippen molar-refractivity contribution in [3.05, 3.63) is 18.0 Å². The molecule has 0 saturated carbocycles. The van der Waals surface area contributed by atoms with Crippen LogP contribution >= 0.6 is 0 Å². The zero-order valence-electron chi connectivity index (χ0n) is 10.7. The van der Waals surface area contributed by atoms with E-state index in [4.69, 9.17) is 0 Å². The molecule has 1 saturated heterocycles. The number of nitrogens with zero attached hydrogens (tertiary/aromatic N) is 4. The van der Waals surface area contributed by atoms with Gasteiger partial charge in [0.05, 0.1) is 0 Å². The maximum atomic E-state index is 4.22. The quantitative estimate of drug-likeness (QED) is 0.820. The molecule has 5 nitrogen and oxygen atoms in total. The van der Waals surface area contributed by atoms with Crippen molar-refractivity contribution in [2.24, 2.45) is 0 Å². The van der Waals surface area contributed by atoms with Crippen LogP contribution in [0.25, 0.3) is 0 Å². The van der Waals surface area contributed by atoms with Gasteiger partial charge in [-0.2, -0.15) is 0 Å². The van der Waals surface area contributed by atoms with Gasteiger partial charge in [0.1, 0.15) is 0 Å². The normalized spacial score (nSPS) is 18.2. The number of piperazine rings is 1.